The number of nitrogens with zero attached hydrogens (tertiary/aromatic N) is 4. The van der Waals surface area contributed by atoms with Crippen molar-refractivity contribution in [1.82, 2.24) is 24.8 Å². The Kier molecular flexibility index (Phi) is 6.31. The highest BCUT2D eigenvalue weighted by Gasteiger charge is 2.37. The summed E-state index contributed by atoms with van der Waals surface area (Å²) >= 11 is 0. The molecule has 1 fully saturated rings. The molecule has 2 N–H and O–H groups in total. The fourth-order valence-corrected chi connectivity index (χ4v) is 5.42. The molecule has 7 nitrogen and oxygen atoms in total. The Morgan fingerprint density at radius 3 is 2.46 bits per heavy atom. The second kappa shape index (κ2) is 9.28. The summed E-state index contributed by atoms with van der Waals surface area (Å²) in [7, 11) is 2.13. The van der Waals surface area contributed by atoms with E-state index in [0.717, 1.165) is 53.7 Å². The summed E-state index contributed by atoms with van der Waals surface area (Å²) in [6.07, 6.45) is 1.97. The highest BCUT2D eigenvalue weighted by molar-refractivity contribution is 5.76. The second-order valence-corrected chi connectivity index (χ2v) is 9.94. The van der Waals surface area contributed by atoms with Gasteiger partial charge in [-0.05, 0) is 77.5 Å². The van der Waals surface area contributed by atoms with Crippen molar-refractivity contribution in [1.29, 1.82) is 0 Å². The number of aryl methyl sites for hydroxylation is 3. The first-order chi connectivity index (χ1) is 16.8. The molecular formula is C27H33FN6O. The molecule has 5 rings (SSSR count). The van der Waals surface area contributed by atoms with Gasteiger partial charge in [0, 0.05) is 29.3 Å². The smallest absolute Gasteiger partial charge is 0.243 e. The Balaban J connectivity index is 1.69. The lowest BCUT2D eigenvalue weighted by Crippen LogP contribution is -2.51. The van der Waals surface area contributed by atoms with E-state index in [1.54, 1.807) is 6.07 Å². The van der Waals surface area contributed by atoms with Gasteiger partial charge in [-0.1, -0.05) is 18.2 Å². The van der Waals surface area contributed by atoms with Crippen LogP contribution in [0, 0.1) is 31.8 Å². The van der Waals surface area contributed by atoms with E-state index in [-0.39, 0.29) is 18.5 Å². The zero-order valence-electron chi connectivity index (χ0n) is 20.9. The van der Waals surface area contributed by atoms with E-state index in [9.17, 15) is 9.60 Å². The van der Waals surface area contributed by atoms with Gasteiger partial charge in [0.1, 0.15) is 18.2 Å². The van der Waals surface area contributed by atoms with Gasteiger partial charge < -0.3 is 15.4 Å². The van der Waals surface area contributed by atoms with Crippen molar-refractivity contribution >= 4 is 17.5 Å². The largest absolute Gasteiger partial charge is 0.620 e. The molecule has 0 spiro atoms. The number of anilines is 1. The van der Waals surface area contributed by atoms with Gasteiger partial charge in [-0.25, -0.2) is 9.37 Å². The fraction of sp³-hybridized carbons (Fsp3) is 0.407. The van der Waals surface area contributed by atoms with Gasteiger partial charge in [0.25, 0.3) is 0 Å². The number of para-hydroxylation sites is 1. The number of piperidine rings is 1. The molecule has 0 aliphatic carbocycles. The van der Waals surface area contributed by atoms with Gasteiger partial charge in [0.05, 0.1) is 11.3 Å². The molecule has 1 atom stereocenters. The van der Waals surface area contributed by atoms with Crippen LogP contribution in [0.5, 0.6) is 0 Å². The van der Waals surface area contributed by atoms with E-state index in [1.165, 1.54) is 12.1 Å². The normalized spacial score (nSPS) is 21.1. The maximum absolute atomic E-state index is 14.7. The molecule has 1 saturated heterocycles. The van der Waals surface area contributed by atoms with Crippen molar-refractivity contribution < 1.29 is 4.39 Å². The Morgan fingerprint density at radius 1 is 1.06 bits per heavy atom. The molecule has 1 aromatic heterocycles. The first kappa shape index (κ1) is 23.8. The summed E-state index contributed by atoms with van der Waals surface area (Å²) in [5, 5.41) is 21.5. The van der Waals surface area contributed by atoms with E-state index in [0.29, 0.717) is 29.7 Å². The molecule has 0 amide bonds. The van der Waals surface area contributed by atoms with Crippen LogP contribution >= 0.6 is 0 Å². The van der Waals surface area contributed by atoms with Crippen LogP contribution in [0.4, 0.5) is 21.8 Å². The van der Waals surface area contributed by atoms with E-state index in [1.807, 2.05) is 39.0 Å². The molecule has 35 heavy (non-hydrogen) atoms. The molecule has 3 aromatic rings. The van der Waals surface area contributed by atoms with Crippen molar-refractivity contribution in [3.63, 3.8) is 0 Å². The van der Waals surface area contributed by atoms with E-state index in [2.05, 4.69) is 22.6 Å². The van der Waals surface area contributed by atoms with Crippen molar-refractivity contribution in [3.05, 3.63) is 69.7 Å². The Bertz CT molecular complexity index is 1240. The number of hydroxylamine groups is 1. The van der Waals surface area contributed by atoms with Crippen LogP contribution in [0.2, 0.25) is 0 Å². The molecule has 0 bridgehead atoms. The molecule has 2 aliphatic heterocycles. The third kappa shape index (κ3) is 4.43. The molecule has 0 radical (unpaired) electrons. The van der Waals surface area contributed by atoms with E-state index >= 15 is 0 Å². The summed E-state index contributed by atoms with van der Waals surface area (Å²) in [6, 6.07) is 10.9. The average Bonchev–Trinajstić information content (AvgIpc) is 2.81. The van der Waals surface area contributed by atoms with E-state index in [4.69, 9.17) is 9.97 Å². The number of halogens is 1. The van der Waals surface area contributed by atoms with Crippen LogP contribution in [0.1, 0.15) is 35.1 Å². The van der Waals surface area contributed by atoms with Crippen LogP contribution < -0.4 is 15.3 Å². The molecule has 1 unspecified atom stereocenters. The van der Waals surface area contributed by atoms with Crippen LogP contribution in [0.25, 0.3) is 11.3 Å². The number of rotatable bonds is 4. The second-order valence-electron chi connectivity index (χ2n) is 9.94. The molecule has 3 heterocycles. The Morgan fingerprint density at radius 2 is 1.77 bits per heavy atom. The molecule has 184 valence electrons. The number of benzene rings is 2. The molecular weight excluding hydrogens is 443 g/mol. The maximum Gasteiger partial charge on any atom is 0.243 e. The zero-order valence-corrected chi connectivity index (χ0v) is 20.9. The number of hydrogen-bond acceptors (Lipinski definition) is 6. The number of hydrogen-bond donors (Lipinski definition) is 2. The van der Waals surface area contributed by atoms with Gasteiger partial charge in [0.15, 0.2) is 0 Å². The fourth-order valence-electron chi connectivity index (χ4n) is 5.42. The highest BCUT2D eigenvalue weighted by Crippen LogP contribution is 2.43. The van der Waals surface area contributed by atoms with Crippen LogP contribution in [-0.4, -0.2) is 47.7 Å². The van der Waals surface area contributed by atoms with Crippen LogP contribution in [0.15, 0.2) is 36.4 Å². The third-order valence-corrected chi connectivity index (χ3v) is 7.26. The lowest BCUT2D eigenvalue weighted by molar-refractivity contribution is 0.263. The summed E-state index contributed by atoms with van der Waals surface area (Å²) in [5.41, 5.74) is 5.59. The van der Waals surface area contributed by atoms with Crippen LogP contribution in [0.3, 0.4) is 0 Å². The number of aromatic nitrogens is 2. The average molecular weight is 477 g/mol. The highest BCUT2D eigenvalue weighted by atomic mass is 19.1. The Hall–Kier alpha value is -2.91. The van der Waals surface area contributed by atoms with Crippen molar-refractivity contribution in [2.75, 3.05) is 32.1 Å². The number of likely N-dealkylation sites (tertiary alicyclic amines) is 1. The zero-order chi connectivity index (χ0) is 24.7. The predicted octanol–water partition coefficient (Wildman–Crippen LogP) is 4.91. The molecule has 2 aromatic carbocycles. The summed E-state index contributed by atoms with van der Waals surface area (Å²) in [6.45, 7) is 8.48. The number of nitrogens with one attached hydrogen (secondary N) is 2. The third-order valence-electron chi connectivity index (χ3n) is 7.26. The number of quaternary nitrogens is 1. The van der Waals surface area contributed by atoms with Gasteiger partial charge in [-0.15, -0.1) is 0 Å². The lowest BCUT2D eigenvalue weighted by atomic mass is 9.99. The molecule has 8 heteroatoms. The van der Waals surface area contributed by atoms with Crippen molar-refractivity contribution in [2.24, 2.45) is 0 Å². The topological polar surface area (TPSA) is 76.1 Å². The number of fused-ring (bicyclic) bond motifs is 1. The van der Waals surface area contributed by atoms with Crippen molar-refractivity contribution in [3.8, 4) is 11.3 Å². The Labute approximate surface area is 206 Å². The minimum Gasteiger partial charge on any atom is -0.620 e. The summed E-state index contributed by atoms with van der Waals surface area (Å²) < 4.78 is 13.2. The quantitative estimate of drug-likeness (QED) is 0.412. The lowest BCUT2D eigenvalue weighted by Gasteiger charge is -2.45. The van der Waals surface area contributed by atoms with Gasteiger partial charge in [-0.2, -0.15) is 4.98 Å². The van der Waals surface area contributed by atoms with Gasteiger partial charge in [0.2, 0.25) is 11.8 Å². The molecule has 2 aliphatic rings. The minimum absolute atomic E-state index is 0.186. The first-order valence-electron chi connectivity index (χ1n) is 12.3. The first-order valence-corrected chi connectivity index (χ1v) is 12.3. The minimum atomic E-state index is -0.703. The molecule has 0 saturated carbocycles. The summed E-state index contributed by atoms with van der Waals surface area (Å²) in [4.78, 5) is 12.1. The van der Waals surface area contributed by atoms with Crippen molar-refractivity contribution in [2.45, 2.75) is 46.2 Å². The van der Waals surface area contributed by atoms with Gasteiger partial charge >= 0.3 is 0 Å². The van der Waals surface area contributed by atoms with Crippen LogP contribution in [-0.2, 0) is 6.54 Å². The predicted molar refractivity (Wildman–Crippen MR) is 139 cm³/mol. The van der Waals surface area contributed by atoms with E-state index < -0.39 is 4.65 Å². The monoisotopic (exact) mass is 476 g/mol. The maximum atomic E-state index is 14.7. The standard InChI is InChI=1S/C27H33FN6O/c1-17-6-5-7-18(2)25(17)34(35)16-29-15-23-24(22-9-8-20(28)14-19(22)3)31-27(32-26(23)34)30-21-10-12-33(4)13-11-21/h5-9,14,21,29H,10-13,15-16H2,1-4H3,(H,30,31,32). The SMILES string of the molecule is Cc1cc(F)ccc1-c1nc(NC2CCN(C)CC2)nc2c1CNC[N+]2([O-])c1c(C)cccc1C. The summed E-state index contributed by atoms with van der Waals surface area (Å²) in [5.74, 6) is 0.621. The van der Waals surface area contributed by atoms with Gasteiger partial charge in [-0.3, -0.25) is 9.96 Å².